The number of anilines is 1. The summed E-state index contributed by atoms with van der Waals surface area (Å²) >= 11 is 6.04. The van der Waals surface area contributed by atoms with Gasteiger partial charge in [-0.3, -0.25) is 19.2 Å². The van der Waals surface area contributed by atoms with Crippen LogP contribution >= 0.6 is 11.6 Å². The number of hydrazone groups is 1. The Bertz CT molecular complexity index is 1730. The van der Waals surface area contributed by atoms with Crippen LogP contribution in [0.3, 0.4) is 0 Å². The molecule has 0 aliphatic carbocycles. The van der Waals surface area contributed by atoms with Gasteiger partial charge in [0.25, 0.3) is 21.6 Å². The number of hydrogen-bond donors (Lipinski definition) is 1. The van der Waals surface area contributed by atoms with E-state index in [0.29, 0.717) is 28.7 Å². The Balaban J connectivity index is 1.49. The molecule has 43 heavy (non-hydrogen) atoms. The molecule has 11 nitrogen and oxygen atoms in total. The van der Waals surface area contributed by atoms with Crippen molar-refractivity contribution in [2.24, 2.45) is 5.10 Å². The Morgan fingerprint density at radius 3 is 2.44 bits per heavy atom. The Morgan fingerprint density at radius 2 is 1.72 bits per heavy atom. The molecular weight excluding hydrogens is 596 g/mol. The van der Waals surface area contributed by atoms with E-state index >= 15 is 0 Å². The predicted molar refractivity (Wildman–Crippen MR) is 163 cm³/mol. The van der Waals surface area contributed by atoms with Crippen LogP contribution in [0.5, 0.6) is 11.5 Å². The number of benzene rings is 4. The zero-order valence-corrected chi connectivity index (χ0v) is 24.5. The maximum absolute atomic E-state index is 13.6. The van der Waals surface area contributed by atoms with Crippen LogP contribution in [0.25, 0.3) is 0 Å². The van der Waals surface area contributed by atoms with Gasteiger partial charge in [0.15, 0.2) is 16.4 Å². The summed E-state index contributed by atoms with van der Waals surface area (Å²) in [7, 11) is -4.51. The van der Waals surface area contributed by atoms with Gasteiger partial charge in [-0.05, 0) is 66.6 Å². The molecule has 4 aromatic carbocycles. The molecule has 1 amide bonds. The van der Waals surface area contributed by atoms with E-state index in [-0.39, 0.29) is 12.3 Å². The molecule has 0 saturated carbocycles. The highest BCUT2D eigenvalue weighted by Gasteiger charge is 2.33. The number of para-hydroxylation sites is 2. The van der Waals surface area contributed by atoms with Crippen molar-refractivity contribution in [2.75, 3.05) is 17.5 Å². The van der Waals surface area contributed by atoms with E-state index in [1.54, 1.807) is 48.5 Å². The highest BCUT2D eigenvalue weighted by atomic mass is 35.5. The van der Waals surface area contributed by atoms with Gasteiger partial charge < -0.3 is 9.47 Å². The van der Waals surface area contributed by atoms with Crippen LogP contribution in [0.15, 0.2) is 107 Å². The summed E-state index contributed by atoms with van der Waals surface area (Å²) < 4.78 is 39.5. The molecule has 0 saturated heterocycles. The molecule has 0 spiro atoms. The SMILES string of the molecule is CCOc1cc(/C=N\NC(=O)CN(c2ccccc2)S(=O)(=O)c2ccccc2[N+](=O)[O-])ccc1OCc1cccc(Cl)c1. The Kier molecular flexibility index (Phi) is 10.3. The quantitative estimate of drug-likeness (QED) is 0.117. The summed E-state index contributed by atoms with van der Waals surface area (Å²) in [6.07, 6.45) is 1.37. The molecule has 13 heteroatoms. The first-order chi connectivity index (χ1) is 20.7. The number of hydrogen-bond acceptors (Lipinski definition) is 8. The van der Waals surface area contributed by atoms with Crippen LogP contribution in [0.2, 0.25) is 5.02 Å². The van der Waals surface area contributed by atoms with Gasteiger partial charge in [-0.25, -0.2) is 13.8 Å². The van der Waals surface area contributed by atoms with Crippen LogP contribution in [0, 0.1) is 10.1 Å². The Hall–Kier alpha value is -4.94. The summed E-state index contributed by atoms with van der Waals surface area (Å²) in [6.45, 7) is 1.81. The fourth-order valence-corrected chi connectivity index (χ4v) is 5.77. The molecule has 0 fully saturated rings. The Labute approximate surface area is 253 Å². The first-order valence-electron chi connectivity index (χ1n) is 13.0. The molecular formula is C30H27ClN4O7S. The topological polar surface area (TPSA) is 140 Å². The van der Waals surface area contributed by atoms with Crippen molar-refractivity contribution < 1.29 is 27.6 Å². The lowest BCUT2D eigenvalue weighted by Gasteiger charge is -2.23. The minimum Gasteiger partial charge on any atom is -0.490 e. The first-order valence-corrected chi connectivity index (χ1v) is 14.8. The molecule has 0 bridgehead atoms. The smallest absolute Gasteiger partial charge is 0.289 e. The van der Waals surface area contributed by atoms with Crippen molar-refractivity contribution in [1.29, 1.82) is 0 Å². The van der Waals surface area contributed by atoms with E-state index in [2.05, 4.69) is 10.5 Å². The monoisotopic (exact) mass is 622 g/mol. The molecule has 4 aromatic rings. The van der Waals surface area contributed by atoms with Gasteiger partial charge in [0.2, 0.25) is 0 Å². The molecule has 1 N–H and O–H groups in total. The van der Waals surface area contributed by atoms with Crippen molar-refractivity contribution in [2.45, 2.75) is 18.4 Å². The van der Waals surface area contributed by atoms with Crippen LogP contribution in [0.4, 0.5) is 11.4 Å². The summed E-state index contributed by atoms with van der Waals surface area (Å²) in [5, 5.41) is 16.1. The second-order valence-corrected chi connectivity index (χ2v) is 11.2. The van der Waals surface area contributed by atoms with Crippen molar-refractivity contribution >= 4 is 45.1 Å². The average Bonchev–Trinajstić information content (AvgIpc) is 3.00. The largest absolute Gasteiger partial charge is 0.490 e. The maximum Gasteiger partial charge on any atom is 0.289 e. The number of nitrogens with zero attached hydrogens (tertiary/aromatic N) is 3. The normalized spacial score (nSPS) is 11.2. The molecule has 0 radical (unpaired) electrons. The van der Waals surface area contributed by atoms with Gasteiger partial charge in [0, 0.05) is 11.1 Å². The van der Waals surface area contributed by atoms with E-state index in [1.165, 1.54) is 30.5 Å². The third-order valence-corrected chi connectivity index (χ3v) is 7.97. The van der Waals surface area contributed by atoms with E-state index in [9.17, 15) is 23.3 Å². The first kappa shape index (κ1) is 31.0. The number of sulfonamides is 1. The summed E-state index contributed by atoms with van der Waals surface area (Å²) in [5.41, 5.74) is 3.32. The van der Waals surface area contributed by atoms with E-state index < -0.39 is 38.0 Å². The second-order valence-electron chi connectivity index (χ2n) is 8.92. The molecule has 0 aromatic heterocycles. The van der Waals surface area contributed by atoms with Gasteiger partial charge in [-0.2, -0.15) is 5.10 Å². The van der Waals surface area contributed by atoms with Crippen LogP contribution in [-0.2, 0) is 21.4 Å². The lowest BCUT2D eigenvalue weighted by molar-refractivity contribution is -0.387. The minimum atomic E-state index is -4.51. The molecule has 0 aliphatic heterocycles. The third-order valence-electron chi connectivity index (χ3n) is 5.92. The van der Waals surface area contributed by atoms with Crippen molar-refractivity contribution in [3.63, 3.8) is 0 Å². The Morgan fingerprint density at radius 1 is 0.977 bits per heavy atom. The van der Waals surface area contributed by atoms with Gasteiger partial charge in [-0.1, -0.05) is 54.1 Å². The van der Waals surface area contributed by atoms with Crippen LogP contribution in [0.1, 0.15) is 18.1 Å². The number of rotatable bonds is 13. The van der Waals surface area contributed by atoms with E-state index in [4.69, 9.17) is 21.1 Å². The maximum atomic E-state index is 13.6. The molecule has 4 rings (SSSR count). The van der Waals surface area contributed by atoms with Crippen molar-refractivity contribution in [3.8, 4) is 11.5 Å². The van der Waals surface area contributed by atoms with E-state index in [0.717, 1.165) is 22.0 Å². The second kappa shape index (κ2) is 14.3. The number of nitro groups is 1. The fourth-order valence-electron chi connectivity index (χ4n) is 3.98. The van der Waals surface area contributed by atoms with Gasteiger partial charge in [0.05, 0.1) is 23.4 Å². The van der Waals surface area contributed by atoms with Crippen molar-refractivity contribution in [3.05, 3.63) is 123 Å². The summed E-state index contributed by atoms with van der Waals surface area (Å²) in [4.78, 5) is 23.1. The lowest BCUT2D eigenvalue weighted by atomic mass is 10.2. The fraction of sp³-hybridized carbons (Fsp3) is 0.133. The summed E-state index contributed by atoms with van der Waals surface area (Å²) in [6, 6.07) is 25.2. The number of carbonyl (C=O) groups is 1. The van der Waals surface area contributed by atoms with Crippen molar-refractivity contribution in [1.82, 2.24) is 5.43 Å². The highest BCUT2D eigenvalue weighted by molar-refractivity contribution is 7.93. The lowest BCUT2D eigenvalue weighted by Crippen LogP contribution is -2.39. The van der Waals surface area contributed by atoms with E-state index in [1.807, 2.05) is 19.1 Å². The third kappa shape index (κ3) is 8.09. The number of halogens is 1. The average molecular weight is 623 g/mol. The zero-order chi connectivity index (χ0) is 30.8. The minimum absolute atomic E-state index is 0.148. The number of amides is 1. The molecule has 0 unspecified atom stereocenters. The number of carbonyl (C=O) groups excluding carboxylic acids is 1. The van der Waals surface area contributed by atoms with Gasteiger partial charge in [-0.15, -0.1) is 0 Å². The summed E-state index contributed by atoms with van der Waals surface area (Å²) in [5.74, 6) is 0.195. The molecule has 0 heterocycles. The number of ether oxygens (including phenoxy) is 2. The molecule has 0 aliphatic rings. The predicted octanol–water partition coefficient (Wildman–Crippen LogP) is 5.57. The number of nitrogens with one attached hydrogen (secondary N) is 1. The van der Waals surface area contributed by atoms with Crippen LogP contribution < -0.4 is 19.2 Å². The highest BCUT2D eigenvalue weighted by Crippen LogP contribution is 2.30. The zero-order valence-electron chi connectivity index (χ0n) is 22.9. The number of nitro benzene ring substituents is 1. The van der Waals surface area contributed by atoms with Gasteiger partial charge in [0.1, 0.15) is 13.2 Å². The van der Waals surface area contributed by atoms with Gasteiger partial charge >= 0.3 is 0 Å². The standard InChI is InChI=1S/C30H27ClN4O7S/c1-2-41-28-18-22(15-16-27(28)42-21-23-9-8-10-24(31)17-23)19-32-33-30(36)20-34(25-11-4-3-5-12-25)43(39,40)29-14-7-6-13-26(29)35(37)38/h3-19H,2,20-21H2,1H3,(H,33,36)/b32-19-. The van der Waals surface area contributed by atoms with Crippen LogP contribution in [-0.4, -0.2) is 38.6 Å². The molecule has 0 atom stereocenters. The molecule has 222 valence electrons.